The van der Waals surface area contributed by atoms with Gasteiger partial charge < -0.3 is 9.47 Å². The molecule has 0 N–H and O–H groups in total. The lowest BCUT2D eigenvalue weighted by Gasteiger charge is -2.32. The first-order chi connectivity index (χ1) is 5.97. The van der Waals surface area contributed by atoms with Crippen LogP contribution in [0.5, 0.6) is 0 Å². The summed E-state index contributed by atoms with van der Waals surface area (Å²) in [6.45, 7) is 4.38. The van der Waals surface area contributed by atoms with Crippen molar-refractivity contribution in [2.45, 2.75) is 18.9 Å². The van der Waals surface area contributed by atoms with E-state index in [1.165, 1.54) is 12.8 Å². The van der Waals surface area contributed by atoms with Gasteiger partial charge in [-0.05, 0) is 18.8 Å². The molecule has 2 fully saturated rings. The third-order valence-electron chi connectivity index (χ3n) is 2.68. The van der Waals surface area contributed by atoms with E-state index in [9.17, 15) is 0 Å². The van der Waals surface area contributed by atoms with Crippen molar-refractivity contribution in [2.24, 2.45) is 5.92 Å². The van der Waals surface area contributed by atoms with E-state index in [1.54, 1.807) is 0 Å². The summed E-state index contributed by atoms with van der Waals surface area (Å²) in [6.07, 6.45) is 2.73. The highest BCUT2D eigenvalue weighted by atomic mass is 16.6. The van der Waals surface area contributed by atoms with E-state index in [4.69, 9.17) is 9.47 Å². The minimum absolute atomic E-state index is 0.356. The molecule has 0 amide bonds. The predicted octanol–water partition coefficient (Wildman–Crippen LogP) is 0.416. The van der Waals surface area contributed by atoms with Crippen LogP contribution in [0.25, 0.3) is 0 Å². The van der Waals surface area contributed by atoms with Crippen LogP contribution in [0.1, 0.15) is 12.8 Å². The van der Waals surface area contributed by atoms with E-state index >= 15 is 0 Å². The van der Waals surface area contributed by atoms with E-state index in [0.29, 0.717) is 12.0 Å². The van der Waals surface area contributed by atoms with Crippen LogP contribution in [-0.4, -0.2) is 39.0 Å². The lowest BCUT2D eigenvalue weighted by atomic mass is 9.92. The summed E-state index contributed by atoms with van der Waals surface area (Å²) in [6, 6.07) is 0. The van der Waals surface area contributed by atoms with Crippen molar-refractivity contribution in [2.75, 3.05) is 32.9 Å². The Kier molecular flexibility index (Phi) is 2.98. The van der Waals surface area contributed by atoms with Crippen molar-refractivity contribution in [1.29, 1.82) is 0 Å². The van der Waals surface area contributed by atoms with Gasteiger partial charge in [0.2, 0.25) is 0 Å². The SMILES string of the molecule is C1CC(C2COCCO2)CC[N]1. The fraction of sp³-hybridized carbons (Fsp3) is 1.00. The normalized spacial score (nSPS) is 33.5. The second kappa shape index (κ2) is 4.21. The lowest BCUT2D eigenvalue weighted by molar-refractivity contribution is -0.114. The Hall–Kier alpha value is -0.120. The number of rotatable bonds is 1. The van der Waals surface area contributed by atoms with Crippen LogP contribution in [0.15, 0.2) is 0 Å². The summed E-state index contributed by atoms with van der Waals surface area (Å²) in [5.74, 6) is 0.697. The first kappa shape index (κ1) is 8.48. The predicted molar refractivity (Wildman–Crippen MR) is 45.2 cm³/mol. The summed E-state index contributed by atoms with van der Waals surface area (Å²) in [7, 11) is 0. The van der Waals surface area contributed by atoms with Gasteiger partial charge in [-0.25, -0.2) is 5.32 Å². The van der Waals surface area contributed by atoms with Crippen molar-refractivity contribution >= 4 is 0 Å². The molecule has 3 heteroatoms. The zero-order chi connectivity index (χ0) is 8.23. The van der Waals surface area contributed by atoms with Gasteiger partial charge in [0.05, 0.1) is 25.9 Å². The van der Waals surface area contributed by atoms with Crippen LogP contribution >= 0.6 is 0 Å². The minimum Gasteiger partial charge on any atom is -0.376 e. The topological polar surface area (TPSA) is 32.6 Å². The van der Waals surface area contributed by atoms with Crippen LogP contribution in [0.3, 0.4) is 0 Å². The summed E-state index contributed by atoms with van der Waals surface area (Å²) >= 11 is 0. The minimum atomic E-state index is 0.356. The molecule has 2 heterocycles. The molecule has 0 aromatic rings. The van der Waals surface area contributed by atoms with Crippen molar-refractivity contribution in [3.8, 4) is 0 Å². The number of piperidine rings is 1. The Morgan fingerprint density at radius 2 is 1.92 bits per heavy atom. The monoisotopic (exact) mass is 170 g/mol. The number of hydrogen-bond donors (Lipinski definition) is 0. The van der Waals surface area contributed by atoms with Crippen LogP contribution in [0, 0.1) is 5.92 Å². The smallest absolute Gasteiger partial charge is 0.0838 e. The second-order valence-corrected chi connectivity index (χ2v) is 3.49. The van der Waals surface area contributed by atoms with Crippen LogP contribution in [-0.2, 0) is 9.47 Å². The summed E-state index contributed by atoms with van der Waals surface area (Å²) < 4.78 is 11.0. The summed E-state index contributed by atoms with van der Waals surface area (Å²) in [5.41, 5.74) is 0. The third kappa shape index (κ3) is 1.97. The van der Waals surface area contributed by atoms with Gasteiger partial charge in [-0.2, -0.15) is 0 Å². The van der Waals surface area contributed by atoms with Gasteiger partial charge >= 0.3 is 0 Å². The number of hydrogen-bond acceptors (Lipinski definition) is 2. The van der Waals surface area contributed by atoms with Gasteiger partial charge in [0.25, 0.3) is 0 Å². The van der Waals surface area contributed by atoms with Crippen molar-refractivity contribution in [1.82, 2.24) is 5.32 Å². The molecule has 2 rings (SSSR count). The molecule has 2 aliphatic heterocycles. The number of nitrogens with zero attached hydrogens (tertiary/aromatic N) is 1. The average Bonchev–Trinajstić information content (AvgIpc) is 2.21. The first-order valence-electron chi connectivity index (χ1n) is 4.79. The highest BCUT2D eigenvalue weighted by Gasteiger charge is 2.26. The third-order valence-corrected chi connectivity index (χ3v) is 2.68. The quantitative estimate of drug-likeness (QED) is 0.571. The second-order valence-electron chi connectivity index (χ2n) is 3.49. The molecule has 0 saturated carbocycles. The molecular weight excluding hydrogens is 154 g/mol. The molecule has 2 aliphatic rings. The highest BCUT2D eigenvalue weighted by molar-refractivity contribution is 4.77. The maximum atomic E-state index is 5.65. The zero-order valence-corrected chi connectivity index (χ0v) is 7.37. The van der Waals surface area contributed by atoms with Gasteiger partial charge in [-0.15, -0.1) is 0 Å². The zero-order valence-electron chi connectivity index (χ0n) is 7.37. The van der Waals surface area contributed by atoms with Gasteiger partial charge in [-0.3, -0.25) is 0 Å². The highest BCUT2D eigenvalue weighted by Crippen LogP contribution is 2.21. The first-order valence-corrected chi connectivity index (χ1v) is 4.79. The van der Waals surface area contributed by atoms with Crippen molar-refractivity contribution in [3.63, 3.8) is 0 Å². The van der Waals surface area contributed by atoms with Gasteiger partial charge in [-0.1, -0.05) is 0 Å². The van der Waals surface area contributed by atoms with E-state index in [0.717, 1.165) is 32.9 Å². The van der Waals surface area contributed by atoms with E-state index < -0.39 is 0 Å². The molecule has 0 spiro atoms. The van der Waals surface area contributed by atoms with Crippen LogP contribution in [0.2, 0.25) is 0 Å². The molecule has 69 valence electrons. The van der Waals surface area contributed by atoms with E-state index in [2.05, 4.69) is 5.32 Å². The summed E-state index contributed by atoms with van der Waals surface area (Å²) in [4.78, 5) is 0. The fourth-order valence-electron chi connectivity index (χ4n) is 1.92. The molecule has 0 bridgehead atoms. The standard InChI is InChI=1S/C9H16NO2/c1-3-10-4-2-8(1)9-7-11-5-6-12-9/h8-9H,1-7H2. The maximum Gasteiger partial charge on any atom is 0.0838 e. The van der Waals surface area contributed by atoms with Crippen LogP contribution in [0.4, 0.5) is 0 Å². The largest absolute Gasteiger partial charge is 0.376 e. The molecule has 1 radical (unpaired) electrons. The summed E-state index contributed by atoms with van der Waals surface area (Å²) in [5, 5.41) is 4.33. The Labute approximate surface area is 73.4 Å². The molecule has 1 unspecified atom stereocenters. The number of ether oxygens (including phenoxy) is 2. The molecule has 0 aromatic heterocycles. The van der Waals surface area contributed by atoms with E-state index in [1.807, 2.05) is 0 Å². The van der Waals surface area contributed by atoms with E-state index in [-0.39, 0.29) is 0 Å². The molecule has 12 heavy (non-hydrogen) atoms. The Balaban J connectivity index is 1.80. The average molecular weight is 170 g/mol. The molecule has 3 nitrogen and oxygen atoms in total. The molecule has 0 aromatic carbocycles. The molecule has 0 aliphatic carbocycles. The van der Waals surface area contributed by atoms with Crippen LogP contribution < -0.4 is 5.32 Å². The van der Waals surface area contributed by atoms with Crippen molar-refractivity contribution < 1.29 is 9.47 Å². The van der Waals surface area contributed by atoms with Gasteiger partial charge in [0, 0.05) is 13.1 Å². The Morgan fingerprint density at radius 3 is 2.58 bits per heavy atom. The Morgan fingerprint density at radius 1 is 1.08 bits per heavy atom. The Bertz CT molecular complexity index is 112. The molecule has 2 saturated heterocycles. The van der Waals surface area contributed by atoms with Gasteiger partial charge in [0.15, 0.2) is 0 Å². The molecule has 1 atom stereocenters. The maximum absolute atomic E-state index is 5.65. The fourth-order valence-corrected chi connectivity index (χ4v) is 1.92. The lowest BCUT2D eigenvalue weighted by Crippen LogP contribution is -2.39. The van der Waals surface area contributed by atoms with Gasteiger partial charge in [0.1, 0.15) is 0 Å². The molecular formula is C9H16NO2. The van der Waals surface area contributed by atoms with Crippen molar-refractivity contribution in [3.05, 3.63) is 0 Å².